The molecule has 0 amide bonds. The summed E-state index contributed by atoms with van der Waals surface area (Å²) in [6, 6.07) is 7.92. The minimum absolute atomic E-state index is 0.176. The highest BCUT2D eigenvalue weighted by Crippen LogP contribution is 2.45. The van der Waals surface area contributed by atoms with Crippen LogP contribution in [0.5, 0.6) is 0 Å². The topological polar surface area (TPSA) is 36.0 Å². The first-order chi connectivity index (χ1) is 11.0. The van der Waals surface area contributed by atoms with E-state index in [9.17, 15) is 18.3 Å². The number of nitrogens with one attached hydrogen (secondary N) is 1. The average molecular weight is 317 g/mol. The summed E-state index contributed by atoms with van der Waals surface area (Å²) in [6.07, 6.45) is 0.887. The van der Waals surface area contributed by atoms with Crippen molar-refractivity contribution in [3.63, 3.8) is 0 Å². The van der Waals surface area contributed by atoms with Crippen molar-refractivity contribution in [1.29, 1.82) is 0 Å². The molecule has 2 unspecified atom stereocenters. The lowest BCUT2D eigenvalue weighted by Gasteiger charge is -2.33. The molecule has 1 aliphatic carbocycles. The molecule has 2 N–H and O–H groups in total. The number of aromatic nitrogens is 1. The molecule has 1 saturated carbocycles. The minimum atomic E-state index is -0.677. The summed E-state index contributed by atoms with van der Waals surface area (Å²) in [5, 5.41) is 10.5. The Morgan fingerprint density at radius 2 is 1.70 bits per heavy atom. The Kier molecular flexibility index (Phi) is 3.20. The van der Waals surface area contributed by atoms with Crippen LogP contribution in [0.2, 0.25) is 0 Å². The van der Waals surface area contributed by atoms with Crippen molar-refractivity contribution in [1.82, 2.24) is 4.98 Å². The lowest BCUT2D eigenvalue weighted by atomic mass is 9.75. The van der Waals surface area contributed by atoms with Gasteiger partial charge in [-0.25, -0.2) is 13.2 Å². The smallest absolute Gasteiger partial charge is 0.150 e. The maximum absolute atomic E-state index is 14.1. The minimum Gasteiger partial charge on any atom is -0.392 e. The number of hydrogen-bond donors (Lipinski definition) is 2. The summed E-state index contributed by atoms with van der Waals surface area (Å²) in [7, 11) is 0. The SMILES string of the molecule is OC1CCC1c1c(-c2ccc(F)cc2)[nH]c2c(F)cc(F)cc12. The molecule has 4 rings (SSSR count). The van der Waals surface area contributed by atoms with Crippen molar-refractivity contribution in [3.8, 4) is 11.3 Å². The Hall–Kier alpha value is -2.27. The summed E-state index contributed by atoms with van der Waals surface area (Å²) in [5.41, 5.74) is 2.19. The van der Waals surface area contributed by atoms with Gasteiger partial charge in [-0.05, 0) is 54.3 Å². The Morgan fingerprint density at radius 1 is 0.957 bits per heavy atom. The van der Waals surface area contributed by atoms with Gasteiger partial charge in [0.05, 0.1) is 17.3 Å². The van der Waals surface area contributed by atoms with Crippen LogP contribution in [0.25, 0.3) is 22.2 Å². The van der Waals surface area contributed by atoms with E-state index in [1.165, 1.54) is 18.2 Å². The first-order valence-corrected chi connectivity index (χ1v) is 7.49. The zero-order valence-electron chi connectivity index (χ0n) is 12.1. The number of aromatic amines is 1. The zero-order chi connectivity index (χ0) is 16.1. The van der Waals surface area contributed by atoms with Crippen LogP contribution in [0.4, 0.5) is 13.2 Å². The van der Waals surface area contributed by atoms with Crippen LogP contribution in [-0.2, 0) is 0 Å². The van der Waals surface area contributed by atoms with Gasteiger partial charge in [0.1, 0.15) is 17.5 Å². The van der Waals surface area contributed by atoms with E-state index in [1.54, 1.807) is 12.1 Å². The molecule has 23 heavy (non-hydrogen) atoms. The van der Waals surface area contributed by atoms with Gasteiger partial charge in [0.15, 0.2) is 0 Å². The number of benzene rings is 2. The molecule has 1 aliphatic rings. The first kappa shape index (κ1) is 14.3. The van der Waals surface area contributed by atoms with Crippen LogP contribution < -0.4 is 0 Å². The van der Waals surface area contributed by atoms with Crippen LogP contribution in [0.15, 0.2) is 36.4 Å². The fraction of sp³-hybridized carbons (Fsp3) is 0.222. The van der Waals surface area contributed by atoms with Gasteiger partial charge in [0, 0.05) is 17.4 Å². The van der Waals surface area contributed by atoms with E-state index in [2.05, 4.69) is 4.98 Å². The molecular formula is C18H14F3NO. The van der Waals surface area contributed by atoms with Gasteiger partial charge in [0.25, 0.3) is 0 Å². The molecule has 5 heteroatoms. The third-order valence-electron chi connectivity index (χ3n) is 4.61. The van der Waals surface area contributed by atoms with E-state index in [0.717, 1.165) is 12.5 Å². The van der Waals surface area contributed by atoms with Gasteiger partial charge in [-0.1, -0.05) is 0 Å². The Morgan fingerprint density at radius 3 is 2.30 bits per heavy atom. The van der Waals surface area contributed by atoms with Gasteiger partial charge in [0.2, 0.25) is 0 Å². The van der Waals surface area contributed by atoms with Crippen molar-refractivity contribution < 1.29 is 18.3 Å². The number of aliphatic hydroxyl groups is 1. The van der Waals surface area contributed by atoms with Gasteiger partial charge in [-0.3, -0.25) is 0 Å². The lowest BCUT2D eigenvalue weighted by Crippen LogP contribution is -2.29. The second kappa shape index (κ2) is 5.13. The summed E-state index contributed by atoms with van der Waals surface area (Å²) in [5.74, 6) is -1.88. The molecule has 0 saturated heterocycles. The third kappa shape index (κ3) is 2.23. The zero-order valence-corrected chi connectivity index (χ0v) is 12.1. The van der Waals surface area contributed by atoms with Crippen LogP contribution in [0.1, 0.15) is 24.3 Å². The van der Waals surface area contributed by atoms with Crippen molar-refractivity contribution in [3.05, 3.63) is 59.4 Å². The van der Waals surface area contributed by atoms with Crippen LogP contribution in [0, 0.1) is 17.5 Å². The lowest BCUT2D eigenvalue weighted by molar-refractivity contribution is 0.0670. The number of halogens is 3. The first-order valence-electron chi connectivity index (χ1n) is 7.49. The summed E-state index contributed by atoms with van der Waals surface area (Å²) in [6.45, 7) is 0. The number of fused-ring (bicyclic) bond motifs is 1. The van der Waals surface area contributed by atoms with Crippen molar-refractivity contribution in [2.75, 3.05) is 0 Å². The predicted molar refractivity (Wildman–Crippen MR) is 81.6 cm³/mol. The molecule has 1 aromatic heterocycles. The largest absolute Gasteiger partial charge is 0.392 e. The quantitative estimate of drug-likeness (QED) is 0.718. The molecule has 0 bridgehead atoms. The monoisotopic (exact) mass is 317 g/mol. The molecular weight excluding hydrogens is 303 g/mol. The normalized spacial score (nSPS) is 20.7. The summed E-state index contributed by atoms with van der Waals surface area (Å²) in [4.78, 5) is 2.99. The Labute approximate surface area is 130 Å². The van der Waals surface area contributed by atoms with Crippen molar-refractivity contribution in [2.24, 2.45) is 0 Å². The van der Waals surface area contributed by atoms with Crippen molar-refractivity contribution >= 4 is 10.9 Å². The van der Waals surface area contributed by atoms with E-state index in [1.807, 2.05) is 0 Å². The van der Waals surface area contributed by atoms with Gasteiger partial charge < -0.3 is 10.1 Å². The van der Waals surface area contributed by atoms with E-state index in [-0.39, 0.29) is 17.3 Å². The summed E-state index contributed by atoms with van der Waals surface area (Å²) >= 11 is 0. The highest BCUT2D eigenvalue weighted by atomic mass is 19.1. The van der Waals surface area contributed by atoms with Crippen LogP contribution >= 0.6 is 0 Å². The van der Waals surface area contributed by atoms with Crippen LogP contribution in [-0.4, -0.2) is 16.2 Å². The second-order valence-electron chi connectivity index (χ2n) is 5.98. The molecule has 2 atom stereocenters. The molecule has 0 radical (unpaired) electrons. The van der Waals surface area contributed by atoms with Crippen molar-refractivity contribution in [2.45, 2.75) is 24.9 Å². The number of rotatable bonds is 2. The second-order valence-corrected chi connectivity index (χ2v) is 5.98. The standard InChI is InChI=1S/C18H14F3NO/c19-10-3-1-9(2-4-10)17-16(12-5-6-15(12)23)13-7-11(20)8-14(21)18(13)22-17/h1-4,7-8,12,15,22-23H,5-6H2. The maximum atomic E-state index is 14.1. The van der Waals surface area contributed by atoms with E-state index in [4.69, 9.17) is 0 Å². The molecule has 0 aliphatic heterocycles. The van der Waals surface area contributed by atoms with E-state index >= 15 is 0 Å². The maximum Gasteiger partial charge on any atom is 0.150 e. The number of H-pyrrole nitrogens is 1. The number of aliphatic hydroxyl groups excluding tert-OH is 1. The van der Waals surface area contributed by atoms with Gasteiger partial charge in [-0.15, -0.1) is 0 Å². The average Bonchev–Trinajstić information content (AvgIpc) is 2.86. The van der Waals surface area contributed by atoms with Gasteiger partial charge >= 0.3 is 0 Å². The molecule has 2 nitrogen and oxygen atoms in total. The van der Waals surface area contributed by atoms with Crippen LogP contribution in [0.3, 0.4) is 0 Å². The molecule has 1 heterocycles. The molecule has 118 valence electrons. The Bertz CT molecular complexity index is 885. The highest BCUT2D eigenvalue weighted by molar-refractivity contribution is 5.92. The molecule has 0 spiro atoms. The predicted octanol–water partition coefficient (Wildman–Crippen LogP) is 4.49. The fourth-order valence-electron chi connectivity index (χ4n) is 3.29. The van der Waals surface area contributed by atoms with E-state index < -0.39 is 17.7 Å². The molecule has 2 aromatic carbocycles. The molecule has 3 aromatic rings. The van der Waals surface area contributed by atoms with Gasteiger partial charge in [-0.2, -0.15) is 0 Å². The number of hydrogen-bond acceptors (Lipinski definition) is 1. The fourth-order valence-corrected chi connectivity index (χ4v) is 3.29. The van der Waals surface area contributed by atoms with E-state index in [0.29, 0.717) is 28.6 Å². The summed E-state index contributed by atoms with van der Waals surface area (Å²) < 4.78 is 40.9. The highest BCUT2D eigenvalue weighted by Gasteiger charge is 2.35. The third-order valence-corrected chi connectivity index (χ3v) is 4.61. The molecule has 1 fully saturated rings. The Balaban J connectivity index is 2.00.